The maximum Gasteiger partial charge on any atom is 0.344 e. The van der Waals surface area contributed by atoms with Gasteiger partial charge in [-0.15, -0.1) is 0 Å². The largest absolute Gasteiger partial charge is 0.508 e. The van der Waals surface area contributed by atoms with Crippen LogP contribution in [-0.4, -0.2) is 43.7 Å². The molecule has 0 heterocycles. The van der Waals surface area contributed by atoms with E-state index in [1.165, 1.54) is 0 Å². The standard InChI is InChI=1S/C11H10O7/c12-7-3-1-6(2-4-7)9(15)11(18,10(16)17)5-8(13)14/h1-4,12,18H,5H2,(H,13,14)(H,16,17). The Labute approximate surface area is 101 Å². The fraction of sp³-hybridized carbons (Fsp3) is 0.182. The highest BCUT2D eigenvalue weighted by Crippen LogP contribution is 2.20. The molecule has 1 atom stereocenters. The molecule has 0 spiro atoms. The van der Waals surface area contributed by atoms with Crippen LogP contribution < -0.4 is 0 Å². The number of Topliss-reactive ketones (excluding diaryl/α,β-unsaturated/α-hetero) is 1. The molecule has 1 rings (SSSR count). The summed E-state index contributed by atoms with van der Waals surface area (Å²) in [7, 11) is 0. The second-order valence-corrected chi connectivity index (χ2v) is 3.61. The maximum absolute atomic E-state index is 11.8. The predicted octanol–water partition coefficient (Wildman–Crippen LogP) is -0.135. The van der Waals surface area contributed by atoms with Crippen LogP contribution in [-0.2, 0) is 9.59 Å². The Morgan fingerprint density at radius 1 is 1.06 bits per heavy atom. The molecular weight excluding hydrogens is 244 g/mol. The second-order valence-electron chi connectivity index (χ2n) is 3.61. The van der Waals surface area contributed by atoms with Crippen LogP contribution in [0.5, 0.6) is 5.75 Å². The molecule has 4 N–H and O–H groups in total. The van der Waals surface area contributed by atoms with Crippen molar-refractivity contribution in [3.8, 4) is 5.75 Å². The van der Waals surface area contributed by atoms with Crippen LogP contribution in [0.3, 0.4) is 0 Å². The Bertz CT molecular complexity index is 491. The summed E-state index contributed by atoms with van der Waals surface area (Å²) in [4.78, 5) is 33.1. The van der Waals surface area contributed by atoms with E-state index in [1.807, 2.05) is 0 Å². The van der Waals surface area contributed by atoms with Gasteiger partial charge in [0, 0.05) is 5.56 Å². The molecule has 0 saturated heterocycles. The first-order valence-corrected chi connectivity index (χ1v) is 4.79. The zero-order valence-corrected chi connectivity index (χ0v) is 9.03. The number of aliphatic hydroxyl groups is 1. The van der Waals surface area contributed by atoms with Crippen molar-refractivity contribution < 1.29 is 34.8 Å². The first-order valence-electron chi connectivity index (χ1n) is 4.79. The van der Waals surface area contributed by atoms with E-state index in [0.717, 1.165) is 24.3 Å². The lowest BCUT2D eigenvalue weighted by Crippen LogP contribution is -2.48. The van der Waals surface area contributed by atoms with E-state index >= 15 is 0 Å². The van der Waals surface area contributed by atoms with Crippen LogP contribution >= 0.6 is 0 Å². The molecule has 7 nitrogen and oxygen atoms in total. The van der Waals surface area contributed by atoms with Crippen molar-refractivity contribution in [1.82, 2.24) is 0 Å². The topological polar surface area (TPSA) is 132 Å². The van der Waals surface area contributed by atoms with Gasteiger partial charge >= 0.3 is 11.9 Å². The van der Waals surface area contributed by atoms with Gasteiger partial charge in [0.1, 0.15) is 5.75 Å². The molecule has 0 aliphatic carbocycles. The summed E-state index contributed by atoms with van der Waals surface area (Å²) in [5.74, 6) is -4.96. The summed E-state index contributed by atoms with van der Waals surface area (Å²) < 4.78 is 0. The maximum atomic E-state index is 11.8. The minimum absolute atomic E-state index is 0.149. The first-order chi connectivity index (χ1) is 8.27. The molecule has 0 fully saturated rings. The van der Waals surface area contributed by atoms with Crippen molar-refractivity contribution in [1.29, 1.82) is 0 Å². The average Bonchev–Trinajstić information content (AvgIpc) is 2.27. The fourth-order valence-electron chi connectivity index (χ4n) is 1.32. The zero-order valence-electron chi connectivity index (χ0n) is 9.03. The molecule has 1 unspecified atom stereocenters. The summed E-state index contributed by atoms with van der Waals surface area (Å²) in [6, 6.07) is 4.42. The summed E-state index contributed by atoms with van der Waals surface area (Å²) in [6.07, 6.45) is -1.25. The highest BCUT2D eigenvalue weighted by atomic mass is 16.4. The molecule has 0 aromatic heterocycles. The Balaban J connectivity index is 3.14. The van der Waals surface area contributed by atoms with Crippen molar-refractivity contribution in [3.05, 3.63) is 29.8 Å². The monoisotopic (exact) mass is 254 g/mol. The predicted molar refractivity (Wildman–Crippen MR) is 57.3 cm³/mol. The molecule has 0 bridgehead atoms. The molecule has 0 aliphatic heterocycles. The number of ketones is 1. The lowest BCUT2D eigenvalue weighted by atomic mass is 9.90. The van der Waals surface area contributed by atoms with Crippen LogP contribution in [0.1, 0.15) is 16.8 Å². The number of phenols is 1. The molecule has 1 aromatic carbocycles. The molecule has 0 saturated carbocycles. The first kappa shape index (κ1) is 13.7. The van der Waals surface area contributed by atoms with E-state index in [1.54, 1.807) is 0 Å². The molecule has 96 valence electrons. The third kappa shape index (κ3) is 2.64. The van der Waals surface area contributed by atoms with Crippen molar-refractivity contribution in [3.63, 3.8) is 0 Å². The third-order valence-electron chi connectivity index (χ3n) is 2.27. The second kappa shape index (κ2) is 4.84. The van der Waals surface area contributed by atoms with Crippen LogP contribution in [0, 0.1) is 0 Å². The lowest BCUT2D eigenvalue weighted by molar-refractivity contribution is -0.159. The average molecular weight is 254 g/mol. The van der Waals surface area contributed by atoms with Crippen LogP contribution in [0.25, 0.3) is 0 Å². The SMILES string of the molecule is O=C(O)CC(O)(C(=O)O)C(=O)c1ccc(O)cc1. The smallest absolute Gasteiger partial charge is 0.344 e. The molecule has 0 amide bonds. The Morgan fingerprint density at radius 2 is 1.56 bits per heavy atom. The molecular formula is C11H10O7. The van der Waals surface area contributed by atoms with Crippen molar-refractivity contribution >= 4 is 17.7 Å². The number of carboxylic acid groups (broad SMARTS) is 2. The molecule has 0 aliphatic rings. The van der Waals surface area contributed by atoms with E-state index in [9.17, 15) is 19.5 Å². The van der Waals surface area contributed by atoms with E-state index in [0.29, 0.717) is 0 Å². The highest BCUT2D eigenvalue weighted by Gasteiger charge is 2.46. The van der Waals surface area contributed by atoms with Crippen LogP contribution in [0.15, 0.2) is 24.3 Å². The van der Waals surface area contributed by atoms with Gasteiger partial charge in [0.15, 0.2) is 0 Å². The molecule has 18 heavy (non-hydrogen) atoms. The van der Waals surface area contributed by atoms with Gasteiger partial charge in [-0.05, 0) is 24.3 Å². The minimum atomic E-state index is -3.02. The third-order valence-corrected chi connectivity index (χ3v) is 2.27. The molecule has 7 heteroatoms. The normalized spacial score (nSPS) is 13.6. The Morgan fingerprint density at radius 3 is 1.94 bits per heavy atom. The molecule has 0 radical (unpaired) electrons. The minimum Gasteiger partial charge on any atom is -0.508 e. The number of aromatic hydroxyl groups is 1. The number of carboxylic acids is 2. The van der Waals surface area contributed by atoms with Gasteiger partial charge < -0.3 is 20.4 Å². The zero-order chi connectivity index (χ0) is 13.9. The Hall–Kier alpha value is -2.41. The number of carbonyl (C=O) groups is 3. The summed E-state index contributed by atoms with van der Waals surface area (Å²) in [6.45, 7) is 0. The quantitative estimate of drug-likeness (QED) is 0.424. The van der Waals surface area contributed by atoms with Crippen LogP contribution in [0.2, 0.25) is 0 Å². The number of hydrogen-bond donors (Lipinski definition) is 4. The van der Waals surface area contributed by atoms with Gasteiger partial charge in [-0.1, -0.05) is 0 Å². The number of hydrogen-bond acceptors (Lipinski definition) is 5. The summed E-state index contributed by atoms with van der Waals surface area (Å²) in [5.41, 5.74) is -3.23. The molecule has 1 aromatic rings. The van der Waals surface area contributed by atoms with Crippen molar-refractivity contribution in [2.75, 3.05) is 0 Å². The van der Waals surface area contributed by atoms with E-state index in [2.05, 4.69) is 0 Å². The number of phenolic OH excluding ortho intramolecular Hbond substituents is 1. The van der Waals surface area contributed by atoms with E-state index in [-0.39, 0.29) is 11.3 Å². The summed E-state index contributed by atoms with van der Waals surface area (Å²) in [5, 5.41) is 36.0. The van der Waals surface area contributed by atoms with Crippen molar-refractivity contribution in [2.45, 2.75) is 12.0 Å². The van der Waals surface area contributed by atoms with E-state index < -0.39 is 29.7 Å². The number of carbonyl (C=O) groups excluding carboxylic acids is 1. The number of aliphatic carboxylic acids is 2. The lowest BCUT2D eigenvalue weighted by Gasteiger charge is -2.19. The number of rotatable bonds is 5. The van der Waals surface area contributed by atoms with Gasteiger partial charge in [0.05, 0.1) is 6.42 Å². The van der Waals surface area contributed by atoms with Gasteiger partial charge in [0.2, 0.25) is 11.4 Å². The van der Waals surface area contributed by atoms with Gasteiger partial charge in [-0.2, -0.15) is 0 Å². The highest BCUT2D eigenvalue weighted by molar-refractivity contribution is 6.16. The number of benzene rings is 1. The van der Waals surface area contributed by atoms with Gasteiger partial charge in [-0.25, -0.2) is 4.79 Å². The van der Waals surface area contributed by atoms with Crippen molar-refractivity contribution in [2.24, 2.45) is 0 Å². The van der Waals surface area contributed by atoms with E-state index in [4.69, 9.17) is 15.3 Å². The van der Waals surface area contributed by atoms with Crippen LogP contribution in [0.4, 0.5) is 0 Å². The van der Waals surface area contributed by atoms with Gasteiger partial charge in [0.25, 0.3) is 0 Å². The van der Waals surface area contributed by atoms with Gasteiger partial charge in [-0.3, -0.25) is 9.59 Å². The Kier molecular flexibility index (Phi) is 3.67. The fourth-order valence-corrected chi connectivity index (χ4v) is 1.32. The summed E-state index contributed by atoms with van der Waals surface area (Å²) >= 11 is 0.